The van der Waals surface area contributed by atoms with Gasteiger partial charge in [0.05, 0.1) is 12.1 Å². The second-order valence-corrected chi connectivity index (χ2v) is 6.83. The number of rotatable bonds is 6. The maximum absolute atomic E-state index is 12.1. The van der Waals surface area contributed by atoms with Gasteiger partial charge in [-0.25, -0.2) is 0 Å². The van der Waals surface area contributed by atoms with Crippen molar-refractivity contribution in [2.45, 2.75) is 29.0 Å². The van der Waals surface area contributed by atoms with Crippen molar-refractivity contribution < 1.29 is 9.21 Å². The molecule has 5 heteroatoms. The van der Waals surface area contributed by atoms with Crippen LogP contribution in [0.2, 0.25) is 0 Å². The van der Waals surface area contributed by atoms with Gasteiger partial charge in [0.2, 0.25) is 0 Å². The number of thioether (sulfide) groups is 1. The average molecular weight is 302 g/mol. The van der Waals surface area contributed by atoms with Crippen LogP contribution >= 0.6 is 11.8 Å². The summed E-state index contributed by atoms with van der Waals surface area (Å²) in [6.07, 6.45) is 3.72. The van der Waals surface area contributed by atoms with Crippen molar-refractivity contribution in [1.29, 1.82) is 0 Å². The molecule has 0 unspecified atom stereocenters. The number of furan rings is 1. The molecule has 1 heterocycles. The Morgan fingerprint density at radius 2 is 2.10 bits per heavy atom. The molecule has 1 saturated carbocycles. The highest BCUT2D eigenvalue weighted by atomic mass is 32.2. The van der Waals surface area contributed by atoms with Gasteiger partial charge in [-0.05, 0) is 31.0 Å². The first kappa shape index (κ1) is 14.2. The molecule has 3 N–H and O–H groups in total. The maximum Gasteiger partial charge on any atom is 0.254 e. The van der Waals surface area contributed by atoms with E-state index in [2.05, 4.69) is 17.4 Å². The number of nitrogens with one attached hydrogen (secondary N) is 1. The van der Waals surface area contributed by atoms with E-state index in [1.807, 2.05) is 30.0 Å². The lowest BCUT2D eigenvalue weighted by molar-refractivity contribution is 0.0952. The fraction of sp³-hybridized carbons (Fsp3) is 0.312. The second-order valence-electron chi connectivity index (χ2n) is 5.29. The van der Waals surface area contributed by atoms with Crippen molar-refractivity contribution >= 4 is 17.7 Å². The number of nitrogens with two attached hydrogens (primary N) is 1. The minimum atomic E-state index is -0.0987. The van der Waals surface area contributed by atoms with Crippen molar-refractivity contribution in [3.05, 3.63) is 54.0 Å². The number of benzene rings is 1. The molecule has 1 aromatic carbocycles. The van der Waals surface area contributed by atoms with Gasteiger partial charge in [0.15, 0.2) is 0 Å². The summed E-state index contributed by atoms with van der Waals surface area (Å²) in [5, 5.41) is 3.00. The lowest BCUT2D eigenvalue weighted by Crippen LogP contribution is -2.31. The summed E-state index contributed by atoms with van der Waals surface area (Å²) in [7, 11) is 0. The first-order valence-corrected chi connectivity index (χ1v) is 7.82. The zero-order chi connectivity index (χ0) is 14.7. The summed E-state index contributed by atoms with van der Waals surface area (Å²) in [4.78, 5) is 13.3. The van der Waals surface area contributed by atoms with E-state index in [1.54, 1.807) is 6.07 Å². The van der Waals surface area contributed by atoms with Crippen LogP contribution in [0.3, 0.4) is 0 Å². The van der Waals surface area contributed by atoms with Gasteiger partial charge >= 0.3 is 0 Å². The quantitative estimate of drug-likeness (QED) is 0.861. The van der Waals surface area contributed by atoms with E-state index in [-0.39, 0.29) is 10.7 Å². The smallest absolute Gasteiger partial charge is 0.254 e. The maximum atomic E-state index is 12.1. The number of hydrogen-bond donors (Lipinski definition) is 2. The molecule has 1 aliphatic rings. The molecular weight excluding hydrogens is 284 g/mol. The van der Waals surface area contributed by atoms with Gasteiger partial charge in [0, 0.05) is 16.2 Å². The van der Waals surface area contributed by atoms with Crippen molar-refractivity contribution in [3.8, 4) is 0 Å². The third-order valence-corrected chi connectivity index (χ3v) is 5.07. The molecule has 0 aliphatic heterocycles. The molecule has 4 nitrogen and oxygen atoms in total. The summed E-state index contributed by atoms with van der Waals surface area (Å²) < 4.78 is 5.34. The Morgan fingerprint density at radius 3 is 2.71 bits per heavy atom. The Morgan fingerprint density at radius 1 is 1.33 bits per heavy atom. The summed E-state index contributed by atoms with van der Waals surface area (Å²) in [5.41, 5.74) is 6.01. The first-order chi connectivity index (χ1) is 10.2. The fourth-order valence-corrected chi connectivity index (χ4v) is 3.39. The van der Waals surface area contributed by atoms with Gasteiger partial charge in [-0.1, -0.05) is 18.2 Å². The number of amides is 1. The van der Waals surface area contributed by atoms with Crippen LogP contribution < -0.4 is 11.1 Å². The van der Waals surface area contributed by atoms with E-state index in [4.69, 9.17) is 10.2 Å². The molecule has 1 fully saturated rings. The van der Waals surface area contributed by atoms with Gasteiger partial charge < -0.3 is 15.5 Å². The molecule has 0 bridgehead atoms. The standard InChI is InChI=1S/C16H18N2O2S/c17-9-13-8-12(10-20-13)15(19)18-11-16(6-7-16)21-14-4-2-1-3-5-14/h1-5,8,10H,6-7,9,11,17H2,(H,18,19). The van der Waals surface area contributed by atoms with E-state index < -0.39 is 0 Å². The van der Waals surface area contributed by atoms with Crippen LogP contribution in [0.15, 0.2) is 52.0 Å². The summed E-state index contributed by atoms with van der Waals surface area (Å²) >= 11 is 1.85. The van der Waals surface area contributed by atoms with Gasteiger partial charge in [0.1, 0.15) is 12.0 Å². The topological polar surface area (TPSA) is 68.3 Å². The van der Waals surface area contributed by atoms with Crippen molar-refractivity contribution in [2.75, 3.05) is 6.54 Å². The fourth-order valence-electron chi connectivity index (χ4n) is 2.14. The number of carbonyl (C=O) groups is 1. The predicted molar refractivity (Wildman–Crippen MR) is 83.2 cm³/mol. The third kappa shape index (κ3) is 3.49. The molecule has 0 radical (unpaired) electrons. The van der Waals surface area contributed by atoms with Crippen molar-refractivity contribution in [3.63, 3.8) is 0 Å². The van der Waals surface area contributed by atoms with Crippen LogP contribution in [0, 0.1) is 0 Å². The summed E-state index contributed by atoms with van der Waals surface area (Å²) in [5.74, 6) is 0.526. The largest absolute Gasteiger partial charge is 0.467 e. The van der Waals surface area contributed by atoms with Gasteiger partial charge in [-0.15, -0.1) is 11.8 Å². The van der Waals surface area contributed by atoms with Crippen LogP contribution in [-0.4, -0.2) is 17.2 Å². The molecule has 1 aliphatic carbocycles. The van der Waals surface area contributed by atoms with Crippen LogP contribution in [0.4, 0.5) is 0 Å². The Balaban J connectivity index is 1.56. The van der Waals surface area contributed by atoms with E-state index >= 15 is 0 Å². The SMILES string of the molecule is NCc1cc(C(=O)NCC2(Sc3ccccc3)CC2)co1. The van der Waals surface area contributed by atoms with E-state index in [9.17, 15) is 4.79 Å². The molecule has 21 heavy (non-hydrogen) atoms. The Kier molecular flexibility index (Phi) is 4.03. The average Bonchev–Trinajstić information content (AvgIpc) is 3.10. The lowest BCUT2D eigenvalue weighted by atomic mass is 10.3. The minimum Gasteiger partial charge on any atom is -0.467 e. The Labute approximate surface area is 128 Å². The summed E-state index contributed by atoms with van der Waals surface area (Å²) in [6, 6.07) is 12.0. The molecule has 0 spiro atoms. The molecule has 0 atom stereocenters. The molecule has 3 rings (SSSR count). The van der Waals surface area contributed by atoms with Gasteiger partial charge in [0.25, 0.3) is 5.91 Å². The zero-order valence-electron chi connectivity index (χ0n) is 11.7. The Hall–Kier alpha value is -1.72. The molecule has 2 aromatic rings. The van der Waals surface area contributed by atoms with Crippen LogP contribution in [0.1, 0.15) is 29.0 Å². The summed E-state index contributed by atoms with van der Waals surface area (Å²) in [6.45, 7) is 0.982. The Bertz CT molecular complexity index is 620. The van der Waals surface area contributed by atoms with Gasteiger partial charge in [-0.3, -0.25) is 4.79 Å². The number of carbonyl (C=O) groups excluding carboxylic acids is 1. The van der Waals surface area contributed by atoms with E-state index in [0.717, 1.165) is 12.8 Å². The van der Waals surface area contributed by atoms with Crippen molar-refractivity contribution in [1.82, 2.24) is 5.32 Å². The highest BCUT2D eigenvalue weighted by Gasteiger charge is 2.43. The van der Waals surface area contributed by atoms with Crippen molar-refractivity contribution in [2.24, 2.45) is 5.73 Å². The van der Waals surface area contributed by atoms with E-state index in [0.29, 0.717) is 24.4 Å². The second kappa shape index (κ2) is 5.95. The first-order valence-electron chi connectivity index (χ1n) is 7.00. The molecule has 110 valence electrons. The molecule has 1 amide bonds. The highest BCUT2D eigenvalue weighted by Crippen LogP contribution is 2.51. The van der Waals surface area contributed by atoms with Crippen LogP contribution in [0.5, 0.6) is 0 Å². The third-order valence-electron chi connectivity index (χ3n) is 3.57. The number of hydrogen-bond acceptors (Lipinski definition) is 4. The van der Waals surface area contributed by atoms with Crippen LogP contribution in [0.25, 0.3) is 0 Å². The molecule has 1 aromatic heterocycles. The molecule has 0 saturated heterocycles. The molecular formula is C16H18N2O2S. The predicted octanol–water partition coefficient (Wildman–Crippen LogP) is 2.79. The minimum absolute atomic E-state index is 0.0987. The van der Waals surface area contributed by atoms with E-state index in [1.165, 1.54) is 11.2 Å². The monoisotopic (exact) mass is 302 g/mol. The zero-order valence-corrected chi connectivity index (χ0v) is 12.5. The normalized spacial score (nSPS) is 15.7. The van der Waals surface area contributed by atoms with Gasteiger partial charge in [-0.2, -0.15) is 0 Å². The van der Waals surface area contributed by atoms with Crippen LogP contribution in [-0.2, 0) is 6.54 Å². The lowest BCUT2D eigenvalue weighted by Gasteiger charge is -2.15. The highest BCUT2D eigenvalue weighted by molar-refractivity contribution is 8.01.